The second-order valence-corrected chi connectivity index (χ2v) is 7.29. The lowest BCUT2D eigenvalue weighted by Crippen LogP contribution is -2.35. The molecule has 0 aliphatic heterocycles. The molecule has 0 unspecified atom stereocenters. The van der Waals surface area contributed by atoms with Gasteiger partial charge in [0.25, 0.3) is 5.56 Å². The van der Waals surface area contributed by atoms with Crippen LogP contribution >= 0.6 is 11.8 Å². The van der Waals surface area contributed by atoms with Crippen molar-refractivity contribution in [1.29, 1.82) is 0 Å². The van der Waals surface area contributed by atoms with Crippen LogP contribution < -0.4 is 10.9 Å². The zero-order chi connectivity index (χ0) is 18.7. The van der Waals surface area contributed by atoms with Crippen molar-refractivity contribution in [2.24, 2.45) is 7.05 Å². The van der Waals surface area contributed by atoms with Crippen LogP contribution in [0, 0.1) is 0 Å². The van der Waals surface area contributed by atoms with Crippen LogP contribution in [0.15, 0.2) is 46.3 Å². The minimum absolute atomic E-state index is 0.0310. The van der Waals surface area contributed by atoms with Gasteiger partial charge in [-0.2, -0.15) is 0 Å². The molecule has 0 aliphatic rings. The Kier molecular flexibility index (Phi) is 5.61. The largest absolute Gasteiger partial charge is 0.353 e. The summed E-state index contributed by atoms with van der Waals surface area (Å²) in [6.07, 6.45) is 1.82. The van der Waals surface area contributed by atoms with Crippen LogP contribution in [0.5, 0.6) is 0 Å². The van der Waals surface area contributed by atoms with Gasteiger partial charge in [0.1, 0.15) is 0 Å². The standard InChI is InChI=1S/C20H23N3O2S/c1-4-15(5-2)21-18(24)12-26-20-22-17-11-14-9-7-6-8-13(14)10-16(17)19(25)23(20)3/h6-11,15H,4-5,12H2,1-3H3,(H,21,24). The number of carbonyl (C=O) groups is 1. The molecule has 6 heteroatoms. The van der Waals surface area contributed by atoms with Gasteiger partial charge in [-0.1, -0.05) is 49.9 Å². The van der Waals surface area contributed by atoms with Crippen molar-refractivity contribution in [2.75, 3.05) is 5.75 Å². The molecule has 1 amide bonds. The highest BCUT2D eigenvalue weighted by atomic mass is 32.2. The number of hydrogen-bond acceptors (Lipinski definition) is 4. The van der Waals surface area contributed by atoms with E-state index >= 15 is 0 Å². The first-order chi connectivity index (χ1) is 12.5. The van der Waals surface area contributed by atoms with Crippen molar-refractivity contribution in [1.82, 2.24) is 14.9 Å². The lowest BCUT2D eigenvalue weighted by molar-refractivity contribution is -0.119. The van der Waals surface area contributed by atoms with Crippen LogP contribution in [0.4, 0.5) is 0 Å². The molecule has 0 radical (unpaired) electrons. The van der Waals surface area contributed by atoms with Gasteiger partial charge >= 0.3 is 0 Å². The van der Waals surface area contributed by atoms with E-state index in [1.54, 1.807) is 7.05 Å². The maximum atomic E-state index is 12.7. The van der Waals surface area contributed by atoms with Crippen LogP contribution in [0.2, 0.25) is 0 Å². The predicted octanol–water partition coefficient (Wildman–Crippen LogP) is 3.48. The fraction of sp³-hybridized carbons (Fsp3) is 0.350. The third-order valence-electron chi connectivity index (χ3n) is 4.59. The molecule has 0 saturated heterocycles. The van der Waals surface area contributed by atoms with E-state index in [4.69, 9.17) is 0 Å². The third-order valence-corrected chi connectivity index (χ3v) is 5.62. The van der Waals surface area contributed by atoms with Crippen molar-refractivity contribution in [3.8, 4) is 0 Å². The van der Waals surface area contributed by atoms with Crippen LogP contribution in [-0.2, 0) is 11.8 Å². The monoisotopic (exact) mass is 369 g/mol. The van der Waals surface area contributed by atoms with Gasteiger partial charge in [-0.05, 0) is 35.7 Å². The van der Waals surface area contributed by atoms with E-state index in [9.17, 15) is 9.59 Å². The zero-order valence-electron chi connectivity index (χ0n) is 15.3. The molecule has 3 aromatic rings. The Labute approximate surface area is 156 Å². The molecule has 0 aliphatic carbocycles. The highest BCUT2D eigenvalue weighted by molar-refractivity contribution is 7.99. The minimum atomic E-state index is -0.0938. The number of hydrogen-bond donors (Lipinski definition) is 1. The van der Waals surface area contributed by atoms with E-state index in [-0.39, 0.29) is 23.3 Å². The van der Waals surface area contributed by atoms with E-state index in [1.807, 2.05) is 36.4 Å². The number of thioether (sulfide) groups is 1. The molecule has 26 heavy (non-hydrogen) atoms. The molecular formula is C20H23N3O2S. The number of rotatable bonds is 6. The van der Waals surface area contributed by atoms with Crippen molar-refractivity contribution in [3.63, 3.8) is 0 Å². The molecule has 0 saturated carbocycles. The maximum absolute atomic E-state index is 12.7. The Morgan fingerprint density at radius 2 is 1.85 bits per heavy atom. The van der Waals surface area contributed by atoms with Crippen LogP contribution in [0.3, 0.4) is 0 Å². The number of fused-ring (bicyclic) bond motifs is 2. The van der Waals surface area contributed by atoms with Gasteiger partial charge in [0.05, 0.1) is 16.7 Å². The van der Waals surface area contributed by atoms with Gasteiger partial charge < -0.3 is 5.32 Å². The second kappa shape index (κ2) is 7.91. The van der Waals surface area contributed by atoms with Crippen molar-refractivity contribution in [2.45, 2.75) is 37.9 Å². The number of aromatic nitrogens is 2. The fourth-order valence-corrected chi connectivity index (χ4v) is 3.74. The Balaban J connectivity index is 1.89. The number of nitrogens with zero attached hydrogens (tertiary/aromatic N) is 2. The summed E-state index contributed by atoms with van der Waals surface area (Å²) in [5.41, 5.74) is 0.568. The molecule has 1 aromatic heterocycles. The minimum Gasteiger partial charge on any atom is -0.353 e. The number of carbonyl (C=O) groups excluding carboxylic acids is 1. The van der Waals surface area contributed by atoms with Gasteiger partial charge in [0, 0.05) is 13.1 Å². The number of amides is 1. The Hall–Kier alpha value is -2.34. The Morgan fingerprint density at radius 1 is 1.19 bits per heavy atom. The highest BCUT2D eigenvalue weighted by Gasteiger charge is 2.13. The summed E-state index contributed by atoms with van der Waals surface area (Å²) in [5.74, 6) is 0.215. The Morgan fingerprint density at radius 3 is 2.50 bits per heavy atom. The lowest BCUT2D eigenvalue weighted by atomic mass is 10.1. The predicted molar refractivity (Wildman–Crippen MR) is 108 cm³/mol. The average molecular weight is 369 g/mol. The SMILES string of the molecule is CCC(CC)NC(=O)CSc1nc2cc3ccccc3cc2c(=O)n1C. The van der Waals surface area contributed by atoms with Crippen LogP contribution in [0.25, 0.3) is 21.7 Å². The summed E-state index contributed by atoms with van der Waals surface area (Å²) in [4.78, 5) is 29.5. The molecule has 0 fully saturated rings. The van der Waals surface area contributed by atoms with Crippen LogP contribution in [-0.4, -0.2) is 27.3 Å². The average Bonchev–Trinajstić information content (AvgIpc) is 2.66. The molecule has 5 nitrogen and oxygen atoms in total. The summed E-state index contributed by atoms with van der Waals surface area (Å²) in [5, 5.41) is 6.22. The van der Waals surface area contributed by atoms with Gasteiger partial charge in [-0.15, -0.1) is 0 Å². The van der Waals surface area contributed by atoms with Gasteiger partial charge in [0.15, 0.2) is 5.16 Å². The van der Waals surface area contributed by atoms with Gasteiger partial charge in [-0.3, -0.25) is 14.2 Å². The molecule has 0 spiro atoms. The first-order valence-corrected chi connectivity index (χ1v) is 9.83. The van der Waals surface area contributed by atoms with Gasteiger partial charge in [-0.25, -0.2) is 4.98 Å². The molecule has 3 rings (SSSR count). The fourth-order valence-electron chi connectivity index (χ4n) is 2.96. The molecular weight excluding hydrogens is 346 g/mol. The third kappa shape index (κ3) is 3.75. The first kappa shape index (κ1) is 18.5. The lowest BCUT2D eigenvalue weighted by Gasteiger charge is -2.15. The van der Waals surface area contributed by atoms with E-state index in [0.717, 1.165) is 23.6 Å². The summed E-state index contributed by atoms with van der Waals surface area (Å²) in [6.45, 7) is 4.11. The summed E-state index contributed by atoms with van der Waals surface area (Å²) in [7, 11) is 1.70. The molecule has 2 aromatic carbocycles. The maximum Gasteiger partial charge on any atom is 0.261 e. The topological polar surface area (TPSA) is 64.0 Å². The smallest absolute Gasteiger partial charge is 0.261 e. The molecule has 0 bridgehead atoms. The molecule has 136 valence electrons. The second-order valence-electron chi connectivity index (χ2n) is 6.34. The summed E-state index contributed by atoms with van der Waals surface area (Å²) < 4.78 is 1.52. The quantitative estimate of drug-likeness (QED) is 0.410. The van der Waals surface area contributed by atoms with E-state index in [2.05, 4.69) is 24.1 Å². The Bertz CT molecular complexity index is 1010. The summed E-state index contributed by atoms with van der Waals surface area (Å²) in [6, 6.07) is 11.9. The van der Waals surface area contributed by atoms with E-state index in [1.165, 1.54) is 16.3 Å². The molecule has 1 heterocycles. The first-order valence-electron chi connectivity index (χ1n) is 8.85. The number of nitrogens with one attached hydrogen (secondary N) is 1. The normalized spacial score (nSPS) is 11.4. The summed E-state index contributed by atoms with van der Waals surface area (Å²) >= 11 is 1.29. The van der Waals surface area contributed by atoms with E-state index in [0.29, 0.717) is 16.1 Å². The van der Waals surface area contributed by atoms with Crippen molar-refractivity contribution >= 4 is 39.3 Å². The number of benzene rings is 2. The van der Waals surface area contributed by atoms with E-state index < -0.39 is 0 Å². The van der Waals surface area contributed by atoms with Gasteiger partial charge in [0.2, 0.25) is 5.91 Å². The van der Waals surface area contributed by atoms with Crippen molar-refractivity contribution in [3.05, 3.63) is 46.8 Å². The van der Waals surface area contributed by atoms with Crippen LogP contribution in [0.1, 0.15) is 26.7 Å². The zero-order valence-corrected chi connectivity index (χ0v) is 16.1. The highest BCUT2D eigenvalue weighted by Crippen LogP contribution is 2.22. The molecule has 1 N–H and O–H groups in total. The van der Waals surface area contributed by atoms with Crippen molar-refractivity contribution < 1.29 is 4.79 Å². The molecule has 0 atom stereocenters.